The Kier molecular flexibility index (Phi) is 10.7. The Morgan fingerprint density at radius 1 is 0.745 bits per heavy atom. The van der Waals surface area contributed by atoms with Crippen LogP contribution in [0.4, 0.5) is 5.69 Å². The molecule has 0 radical (unpaired) electrons. The molecule has 0 saturated carbocycles. The van der Waals surface area contributed by atoms with Gasteiger partial charge in [-0.25, -0.2) is 0 Å². The van der Waals surface area contributed by atoms with Crippen molar-refractivity contribution in [1.82, 2.24) is 15.1 Å². The predicted molar refractivity (Wildman–Crippen MR) is 214 cm³/mol. The lowest BCUT2D eigenvalue weighted by Gasteiger charge is -2.36. The van der Waals surface area contributed by atoms with Gasteiger partial charge in [0.15, 0.2) is 0 Å². The SMILES string of the molecule is C=C1CCC(N2C(=O)c3ccc(N4CCN(CCCCCCOc5ccc([C@H]6c7ccc(O)cc7CC[C@H]6c6ccccc6)cc5)CC4)cc3C2=O)C(=O)N1. The van der Waals surface area contributed by atoms with Crippen LogP contribution in [0.5, 0.6) is 11.5 Å². The fourth-order valence-electron chi connectivity index (χ4n) is 9.00. The summed E-state index contributed by atoms with van der Waals surface area (Å²) in [6.07, 6.45) is 7.39. The summed E-state index contributed by atoms with van der Waals surface area (Å²) in [5.74, 6) is 0.711. The van der Waals surface area contributed by atoms with E-state index in [2.05, 4.69) is 82.4 Å². The molecule has 55 heavy (non-hydrogen) atoms. The molecule has 2 fully saturated rings. The normalized spacial score (nSPS) is 21.3. The van der Waals surface area contributed by atoms with Crippen LogP contribution in [0.2, 0.25) is 0 Å². The first-order valence-corrected chi connectivity index (χ1v) is 19.9. The van der Waals surface area contributed by atoms with Crippen LogP contribution in [0.1, 0.15) is 99.8 Å². The van der Waals surface area contributed by atoms with Crippen molar-refractivity contribution < 1.29 is 24.2 Å². The number of unbranched alkanes of at least 4 members (excludes halogenated alkanes) is 3. The first-order valence-electron chi connectivity index (χ1n) is 19.9. The Hall–Kier alpha value is -5.41. The number of piperazine rings is 1. The fraction of sp³-hybridized carbons (Fsp3) is 0.370. The van der Waals surface area contributed by atoms with Gasteiger partial charge in [0.05, 0.1) is 17.7 Å². The van der Waals surface area contributed by atoms with Crippen LogP contribution in [0.15, 0.2) is 103 Å². The van der Waals surface area contributed by atoms with E-state index >= 15 is 0 Å². The summed E-state index contributed by atoms with van der Waals surface area (Å²) >= 11 is 0. The second-order valence-corrected chi connectivity index (χ2v) is 15.4. The molecule has 284 valence electrons. The number of aryl methyl sites for hydroxylation is 1. The average molecular weight is 739 g/mol. The van der Waals surface area contributed by atoms with E-state index in [1.54, 1.807) is 6.07 Å². The van der Waals surface area contributed by atoms with Crippen molar-refractivity contribution in [2.24, 2.45) is 0 Å². The Balaban J connectivity index is 0.761. The number of imide groups is 1. The number of carbonyl (C=O) groups excluding carboxylic acids is 3. The number of carbonyl (C=O) groups is 3. The maximum atomic E-state index is 13.3. The van der Waals surface area contributed by atoms with Crippen molar-refractivity contribution in [3.05, 3.63) is 137 Å². The summed E-state index contributed by atoms with van der Waals surface area (Å²) in [5, 5.41) is 12.8. The molecule has 4 aromatic carbocycles. The number of rotatable bonds is 12. The number of phenolic OH excluding ortho intramolecular Hbond substituents is 1. The van der Waals surface area contributed by atoms with Gasteiger partial charge in [0.1, 0.15) is 17.5 Å². The summed E-state index contributed by atoms with van der Waals surface area (Å²) < 4.78 is 6.17. The van der Waals surface area contributed by atoms with E-state index in [0.717, 1.165) is 87.6 Å². The second kappa shape index (κ2) is 16.1. The van der Waals surface area contributed by atoms with Crippen molar-refractivity contribution in [2.75, 3.05) is 44.2 Å². The predicted octanol–water partition coefficient (Wildman–Crippen LogP) is 7.40. The highest BCUT2D eigenvalue weighted by Crippen LogP contribution is 2.47. The van der Waals surface area contributed by atoms with Crippen LogP contribution < -0.4 is 15.0 Å². The maximum Gasteiger partial charge on any atom is 0.262 e. The molecule has 9 heteroatoms. The minimum absolute atomic E-state index is 0.228. The maximum absolute atomic E-state index is 13.3. The molecule has 3 atom stereocenters. The number of anilines is 1. The molecule has 2 saturated heterocycles. The molecule has 1 unspecified atom stereocenters. The monoisotopic (exact) mass is 738 g/mol. The number of phenols is 1. The molecule has 0 aromatic heterocycles. The number of aromatic hydroxyl groups is 1. The third kappa shape index (κ3) is 7.76. The smallest absolute Gasteiger partial charge is 0.262 e. The summed E-state index contributed by atoms with van der Waals surface area (Å²) in [4.78, 5) is 44.9. The van der Waals surface area contributed by atoms with Crippen molar-refractivity contribution >= 4 is 23.4 Å². The number of ether oxygens (including phenoxy) is 1. The lowest BCUT2D eigenvalue weighted by Crippen LogP contribution is -2.51. The third-order valence-electron chi connectivity index (χ3n) is 12.0. The van der Waals surface area contributed by atoms with Crippen LogP contribution in [-0.2, 0) is 11.2 Å². The minimum atomic E-state index is -0.798. The molecule has 8 rings (SSSR count). The Bertz CT molecular complexity index is 2060. The largest absolute Gasteiger partial charge is 0.508 e. The zero-order chi connectivity index (χ0) is 37.9. The zero-order valence-electron chi connectivity index (χ0n) is 31.4. The highest BCUT2D eigenvalue weighted by Gasteiger charge is 2.44. The van der Waals surface area contributed by atoms with Crippen molar-refractivity contribution in [1.29, 1.82) is 0 Å². The molecule has 1 aliphatic carbocycles. The molecule has 4 aromatic rings. The number of piperidine rings is 1. The summed E-state index contributed by atoms with van der Waals surface area (Å²) in [5.41, 5.74) is 7.48. The van der Waals surface area contributed by atoms with Crippen LogP contribution in [0.3, 0.4) is 0 Å². The van der Waals surface area contributed by atoms with E-state index in [4.69, 9.17) is 4.74 Å². The van der Waals surface area contributed by atoms with Gasteiger partial charge in [0.2, 0.25) is 5.91 Å². The summed E-state index contributed by atoms with van der Waals surface area (Å²) in [6, 6.07) is 30.0. The van der Waals surface area contributed by atoms with E-state index < -0.39 is 17.9 Å². The van der Waals surface area contributed by atoms with E-state index in [1.165, 1.54) is 22.3 Å². The molecule has 9 nitrogen and oxygen atoms in total. The Morgan fingerprint density at radius 3 is 2.29 bits per heavy atom. The highest BCUT2D eigenvalue weighted by molar-refractivity contribution is 6.23. The van der Waals surface area contributed by atoms with Gasteiger partial charge in [-0.2, -0.15) is 0 Å². The van der Waals surface area contributed by atoms with Crippen molar-refractivity contribution in [3.8, 4) is 11.5 Å². The molecule has 3 aliphatic heterocycles. The number of amides is 3. The van der Waals surface area contributed by atoms with Gasteiger partial charge in [-0.05, 0) is 116 Å². The molecule has 3 amide bonds. The summed E-state index contributed by atoms with van der Waals surface area (Å²) in [7, 11) is 0. The Labute approximate surface area is 323 Å². The van der Waals surface area contributed by atoms with Gasteiger partial charge in [0.25, 0.3) is 11.8 Å². The van der Waals surface area contributed by atoms with Gasteiger partial charge in [-0.3, -0.25) is 24.2 Å². The van der Waals surface area contributed by atoms with Crippen LogP contribution in [0, 0.1) is 0 Å². The molecular formula is C46H50N4O5. The lowest BCUT2D eigenvalue weighted by molar-refractivity contribution is -0.125. The number of hydrogen-bond acceptors (Lipinski definition) is 7. The zero-order valence-corrected chi connectivity index (χ0v) is 31.4. The first kappa shape index (κ1) is 36.6. The van der Waals surface area contributed by atoms with Gasteiger partial charge in [-0.1, -0.05) is 68.0 Å². The van der Waals surface area contributed by atoms with E-state index in [1.807, 2.05) is 24.3 Å². The second-order valence-electron chi connectivity index (χ2n) is 15.4. The van der Waals surface area contributed by atoms with E-state index in [-0.39, 0.29) is 11.8 Å². The van der Waals surface area contributed by atoms with Crippen LogP contribution >= 0.6 is 0 Å². The topological polar surface area (TPSA) is 102 Å². The van der Waals surface area contributed by atoms with Gasteiger partial charge >= 0.3 is 0 Å². The first-order chi connectivity index (χ1) is 26.8. The molecule has 0 spiro atoms. The highest BCUT2D eigenvalue weighted by atomic mass is 16.5. The minimum Gasteiger partial charge on any atom is -0.508 e. The van der Waals surface area contributed by atoms with Gasteiger partial charge in [0, 0.05) is 43.5 Å². The number of hydrogen-bond donors (Lipinski definition) is 2. The van der Waals surface area contributed by atoms with Crippen LogP contribution in [-0.4, -0.2) is 78.0 Å². The quantitative estimate of drug-likeness (QED) is 0.115. The van der Waals surface area contributed by atoms with Gasteiger partial charge in [-0.15, -0.1) is 0 Å². The standard InChI is InChI=1S/C46H50N4O5/c1-31-11-22-42(44(52)47-31)50-45(53)40-20-15-35(30-41(40)46(50)54)49-26-24-48(25-27-49)23-7-2-3-8-28-55-37-17-12-33(13-18-37)43-38(32-9-5-4-6-10-32)19-14-34-29-36(51)16-21-39(34)43/h4-6,9-10,12-13,15-18,20-21,29-30,38,42-43,51H,1-3,7-8,11,14,19,22-28H2,(H,47,52)/t38-,42?,43+/m0/s1. The molecule has 4 aliphatic rings. The number of nitrogens with one attached hydrogen (secondary N) is 1. The van der Waals surface area contributed by atoms with Crippen molar-refractivity contribution in [3.63, 3.8) is 0 Å². The average Bonchev–Trinajstić information content (AvgIpc) is 3.45. The molecule has 3 heterocycles. The number of allylic oxidation sites excluding steroid dienone is 1. The van der Waals surface area contributed by atoms with Crippen molar-refractivity contribution in [2.45, 2.75) is 69.2 Å². The number of nitrogens with zero attached hydrogens (tertiary/aromatic N) is 3. The number of benzene rings is 4. The third-order valence-corrected chi connectivity index (χ3v) is 12.0. The summed E-state index contributed by atoms with van der Waals surface area (Å²) in [6.45, 7) is 9.17. The Morgan fingerprint density at radius 2 is 1.51 bits per heavy atom. The van der Waals surface area contributed by atoms with Gasteiger partial charge < -0.3 is 20.1 Å². The van der Waals surface area contributed by atoms with E-state index in [9.17, 15) is 19.5 Å². The lowest BCUT2D eigenvalue weighted by atomic mass is 9.69. The number of fused-ring (bicyclic) bond motifs is 2. The molecule has 2 N–H and O–H groups in total. The van der Waals surface area contributed by atoms with E-state index in [0.29, 0.717) is 47.9 Å². The molecular weight excluding hydrogens is 689 g/mol. The molecule has 0 bridgehead atoms. The van der Waals surface area contributed by atoms with Crippen LogP contribution in [0.25, 0.3) is 0 Å². The fourth-order valence-corrected chi connectivity index (χ4v) is 9.00.